The lowest BCUT2D eigenvalue weighted by molar-refractivity contribution is -0.141. The van der Waals surface area contributed by atoms with E-state index in [1.54, 1.807) is 32.9 Å². The summed E-state index contributed by atoms with van der Waals surface area (Å²) in [5.41, 5.74) is -0.566. The molecule has 0 aliphatic heterocycles. The molecule has 1 rings (SSSR count). The minimum absolute atomic E-state index is 0.176. The van der Waals surface area contributed by atoms with E-state index in [2.05, 4.69) is 10.6 Å². The average Bonchev–Trinajstić information content (AvgIpc) is 2.70. The van der Waals surface area contributed by atoms with E-state index >= 15 is 0 Å². The topological polar surface area (TPSA) is 132 Å². The fourth-order valence-corrected chi connectivity index (χ4v) is 3.02. The molecule has 9 heteroatoms. The number of carbonyl (C=O) groups excluding carboxylic acids is 3. The third-order valence-electron chi connectivity index (χ3n) is 4.50. The SMILES string of the molecule is CCCCCNC(=O)C(c1ccccc1O)N(CC#N)C(=O)C(C)NC(=O)OC(C)(C)C. The van der Waals surface area contributed by atoms with Crippen LogP contribution in [0.1, 0.15) is 65.5 Å². The van der Waals surface area contributed by atoms with Gasteiger partial charge in [-0.3, -0.25) is 9.59 Å². The number of alkyl carbamates (subject to hydrolysis) is 1. The number of nitrogens with one attached hydrogen (secondary N) is 2. The highest BCUT2D eigenvalue weighted by molar-refractivity contribution is 5.92. The van der Waals surface area contributed by atoms with Gasteiger partial charge in [0.2, 0.25) is 11.8 Å². The van der Waals surface area contributed by atoms with Gasteiger partial charge in [-0.15, -0.1) is 0 Å². The number of unbranched alkanes of at least 4 members (excludes halogenated alkanes) is 2. The lowest BCUT2D eigenvalue weighted by Gasteiger charge is -2.32. The van der Waals surface area contributed by atoms with Gasteiger partial charge in [0.25, 0.3) is 0 Å². The zero-order chi connectivity index (χ0) is 24.3. The van der Waals surface area contributed by atoms with E-state index in [0.29, 0.717) is 6.54 Å². The minimum atomic E-state index is -1.24. The van der Waals surface area contributed by atoms with E-state index in [1.807, 2.05) is 13.0 Å². The zero-order valence-electron chi connectivity index (χ0n) is 19.5. The number of hydrogen-bond donors (Lipinski definition) is 3. The predicted molar refractivity (Wildman–Crippen MR) is 120 cm³/mol. The molecule has 0 saturated heterocycles. The second-order valence-electron chi connectivity index (χ2n) is 8.45. The first-order valence-corrected chi connectivity index (χ1v) is 10.7. The molecule has 9 nitrogen and oxygen atoms in total. The van der Waals surface area contributed by atoms with Crippen LogP contribution in [0.2, 0.25) is 0 Å². The summed E-state index contributed by atoms with van der Waals surface area (Å²) in [5.74, 6) is -1.35. The van der Waals surface area contributed by atoms with Crippen LogP contribution in [0.4, 0.5) is 4.79 Å². The van der Waals surface area contributed by atoms with E-state index in [0.717, 1.165) is 24.2 Å². The van der Waals surface area contributed by atoms with E-state index in [-0.39, 0.29) is 11.3 Å². The number of carbonyl (C=O) groups is 3. The van der Waals surface area contributed by atoms with Crippen molar-refractivity contribution in [3.63, 3.8) is 0 Å². The van der Waals surface area contributed by atoms with Crippen LogP contribution in [0.15, 0.2) is 24.3 Å². The van der Waals surface area contributed by atoms with Crippen LogP contribution in [0.3, 0.4) is 0 Å². The number of nitriles is 1. The molecular formula is C23H34N4O5. The summed E-state index contributed by atoms with van der Waals surface area (Å²) < 4.78 is 5.18. The quantitative estimate of drug-likeness (QED) is 0.374. The number of ether oxygens (including phenoxy) is 1. The first-order valence-electron chi connectivity index (χ1n) is 10.7. The molecule has 0 fully saturated rings. The van der Waals surface area contributed by atoms with Crippen LogP contribution in [-0.2, 0) is 14.3 Å². The fraction of sp³-hybridized carbons (Fsp3) is 0.565. The monoisotopic (exact) mass is 446 g/mol. The second-order valence-corrected chi connectivity index (χ2v) is 8.45. The molecule has 0 aromatic heterocycles. The molecule has 0 radical (unpaired) electrons. The van der Waals surface area contributed by atoms with Gasteiger partial charge in [-0.25, -0.2) is 4.79 Å². The van der Waals surface area contributed by atoms with Crippen molar-refractivity contribution in [2.24, 2.45) is 0 Å². The van der Waals surface area contributed by atoms with E-state index in [4.69, 9.17) is 4.74 Å². The number of amides is 3. The third-order valence-corrected chi connectivity index (χ3v) is 4.50. The number of aromatic hydroxyl groups is 1. The molecule has 0 spiro atoms. The number of nitrogens with zero attached hydrogens (tertiary/aromatic N) is 2. The molecule has 2 atom stereocenters. The lowest BCUT2D eigenvalue weighted by Crippen LogP contribution is -2.52. The smallest absolute Gasteiger partial charge is 0.408 e. The summed E-state index contributed by atoms with van der Waals surface area (Å²) in [6.45, 7) is 8.54. The van der Waals surface area contributed by atoms with E-state index < -0.39 is 42.1 Å². The molecule has 3 N–H and O–H groups in total. The standard InChI is InChI=1S/C23H34N4O5/c1-6-7-10-14-25-20(29)19(17-11-8-9-12-18(17)28)27(15-13-24)21(30)16(2)26-22(31)32-23(3,4)5/h8-9,11-12,16,19,28H,6-7,10,14-15H2,1-5H3,(H,25,29)(H,26,31). The summed E-state index contributed by atoms with van der Waals surface area (Å²) in [4.78, 5) is 39.4. The predicted octanol–water partition coefficient (Wildman–Crippen LogP) is 3.01. The van der Waals surface area contributed by atoms with Crippen LogP contribution < -0.4 is 10.6 Å². The maximum Gasteiger partial charge on any atom is 0.408 e. The number of benzene rings is 1. The van der Waals surface area contributed by atoms with Gasteiger partial charge in [-0.05, 0) is 40.2 Å². The van der Waals surface area contributed by atoms with Crippen LogP contribution >= 0.6 is 0 Å². The minimum Gasteiger partial charge on any atom is -0.508 e. The number of phenols is 1. The van der Waals surface area contributed by atoms with Crippen molar-refractivity contribution in [1.82, 2.24) is 15.5 Å². The molecule has 2 unspecified atom stereocenters. The molecule has 0 aliphatic rings. The van der Waals surface area contributed by atoms with Crippen LogP contribution in [0.5, 0.6) is 5.75 Å². The normalized spacial score (nSPS) is 12.8. The van der Waals surface area contributed by atoms with Crippen LogP contribution in [0.25, 0.3) is 0 Å². The Morgan fingerprint density at radius 1 is 1.22 bits per heavy atom. The highest BCUT2D eigenvalue weighted by Crippen LogP contribution is 2.29. The molecule has 0 saturated carbocycles. The Labute approximate surface area is 189 Å². The Morgan fingerprint density at radius 2 is 1.88 bits per heavy atom. The van der Waals surface area contributed by atoms with E-state index in [1.165, 1.54) is 19.1 Å². The molecule has 32 heavy (non-hydrogen) atoms. The van der Waals surface area contributed by atoms with Crippen molar-refractivity contribution in [1.29, 1.82) is 5.26 Å². The van der Waals surface area contributed by atoms with Gasteiger partial charge >= 0.3 is 6.09 Å². The maximum atomic E-state index is 13.2. The third kappa shape index (κ3) is 8.46. The molecule has 1 aromatic carbocycles. The van der Waals surface area contributed by atoms with Gasteiger partial charge in [-0.1, -0.05) is 38.0 Å². The highest BCUT2D eigenvalue weighted by Gasteiger charge is 2.35. The van der Waals surface area contributed by atoms with Crippen molar-refractivity contribution < 1.29 is 24.2 Å². The Hall–Kier alpha value is -3.28. The number of phenolic OH excluding ortho intramolecular Hbond substituents is 1. The Kier molecular flexibility index (Phi) is 10.5. The summed E-state index contributed by atoms with van der Waals surface area (Å²) in [6, 6.07) is 5.74. The van der Waals surface area contributed by atoms with Gasteiger partial charge in [0.05, 0.1) is 6.07 Å². The molecule has 0 bridgehead atoms. The van der Waals surface area contributed by atoms with Crippen molar-refractivity contribution in [2.75, 3.05) is 13.1 Å². The number of para-hydroxylation sites is 1. The zero-order valence-corrected chi connectivity index (χ0v) is 19.5. The lowest BCUT2D eigenvalue weighted by atomic mass is 10.0. The first-order chi connectivity index (χ1) is 15.0. The van der Waals surface area contributed by atoms with Gasteiger partial charge in [-0.2, -0.15) is 5.26 Å². The Bertz CT molecular complexity index is 828. The van der Waals surface area contributed by atoms with Crippen molar-refractivity contribution in [2.45, 2.75) is 71.6 Å². The average molecular weight is 447 g/mol. The van der Waals surface area contributed by atoms with Crippen LogP contribution in [0, 0.1) is 11.3 Å². The fourth-order valence-electron chi connectivity index (χ4n) is 3.02. The second kappa shape index (κ2) is 12.5. The van der Waals surface area contributed by atoms with Crippen molar-refractivity contribution in [3.8, 4) is 11.8 Å². The van der Waals surface area contributed by atoms with Gasteiger partial charge in [0, 0.05) is 12.1 Å². The summed E-state index contributed by atoms with van der Waals surface area (Å²) >= 11 is 0. The van der Waals surface area contributed by atoms with Gasteiger partial charge < -0.3 is 25.4 Å². The highest BCUT2D eigenvalue weighted by atomic mass is 16.6. The molecule has 176 valence electrons. The molecule has 0 aliphatic carbocycles. The van der Waals surface area contributed by atoms with Gasteiger partial charge in [0.15, 0.2) is 0 Å². The number of hydrogen-bond acceptors (Lipinski definition) is 6. The van der Waals surface area contributed by atoms with E-state index in [9.17, 15) is 24.8 Å². The van der Waals surface area contributed by atoms with Gasteiger partial charge in [0.1, 0.15) is 30.0 Å². The largest absolute Gasteiger partial charge is 0.508 e. The first kappa shape index (κ1) is 26.8. The molecular weight excluding hydrogens is 412 g/mol. The maximum absolute atomic E-state index is 13.2. The molecule has 1 aromatic rings. The van der Waals surface area contributed by atoms with Crippen molar-refractivity contribution in [3.05, 3.63) is 29.8 Å². The summed E-state index contributed by atoms with van der Waals surface area (Å²) in [5, 5.41) is 24.9. The summed E-state index contributed by atoms with van der Waals surface area (Å²) in [7, 11) is 0. The Balaban J connectivity index is 3.19. The summed E-state index contributed by atoms with van der Waals surface area (Å²) in [6.07, 6.45) is 1.88. The Morgan fingerprint density at radius 3 is 2.44 bits per heavy atom. The van der Waals surface area contributed by atoms with Crippen LogP contribution in [-0.4, -0.2) is 52.6 Å². The molecule has 0 heterocycles. The van der Waals surface area contributed by atoms with Crippen molar-refractivity contribution >= 4 is 17.9 Å². The molecule has 3 amide bonds. The number of rotatable bonds is 10.